The molecule has 4 heteroatoms. The molecule has 0 saturated carbocycles. The molecule has 78 valence electrons. The van der Waals surface area contributed by atoms with Crippen LogP contribution >= 0.6 is 0 Å². The molecule has 1 amide bonds. The molecule has 0 spiro atoms. The number of hydrogen-bond acceptors (Lipinski definition) is 3. The maximum absolute atomic E-state index is 11.2. The molecule has 0 radical (unpaired) electrons. The van der Waals surface area contributed by atoms with Gasteiger partial charge >= 0.3 is 0 Å². The second-order valence-electron chi connectivity index (χ2n) is 3.01. The molecule has 1 aromatic heterocycles. The molecule has 4 nitrogen and oxygen atoms in total. The van der Waals surface area contributed by atoms with Gasteiger partial charge in [0, 0.05) is 20.6 Å². The van der Waals surface area contributed by atoms with Crippen LogP contribution in [-0.2, 0) is 16.1 Å². The average Bonchev–Trinajstić information content (AvgIpc) is 2.64. The average molecular weight is 197 g/mol. The zero-order valence-electron chi connectivity index (χ0n) is 8.53. The van der Waals surface area contributed by atoms with Crippen LogP contribution in [-0.4, -0.2) is 31.1 Å². The Morgan fingerprint density at radius 3 is 2.93 bits per heavy atom. The molecule has 0 atom stereocenters. The molecule has 1 rings (SSSR count). The van der Waals surface area contributed by atoms with Gasteiger partial charge in [0.25, 0.3) is 0 Å². The Labute approximate surface area is 83.5 Å². The number of carbonyl (C=O) groups is 1. The summed E-state index contributed by atoms with van der Waals surface area (Å²) in [7, 11) is 1.62. The van der Waals surface area contributed by atoms with Gasteiger partial charge < -0.3 is 14.1 Å². The molecule has 0 fully saturated rings. The van der Waals surface area contributed by atoms with Crippen molar-refractivity contribution in [2.45, 2.75) is 13.5 Å². The number of amides is 1. The molecule has 0 aliphatic rings. The number of nitrogens with zero attached hydrogens (tertiary/aromatic N) is 1. The molecular formula is C10H15NO3. The number of carbonyl (C=O) groups excluding carboxylic acids is 1. The third-order valence-electron chi connectivity index (χ3n) is 1.94. The lowest BCUT2D eigenvalue weighted by Gasteiger charge is -2.18. The van der Waals surface area contributed by atoms with Crippen LogP contribution in [0.15, 0.2) is 22.8 Å². The van der Waals surface area contributed by atoms with Crippen molar-refractivity contribution in [3.8, 4) is 0 Å². The van der Waals surface area contributed by atoms with E-state index >= 15 is 0 Å². The van der Waals surface area contributed by atoms with E-state index in [0.717, 1.165) is 5.76 Å². The minimum Gasteiger partial charge on any atom is -0.467 e. The zero-order valence-corrected chi connectivity index (χ0v) is 8.53. The monoisotopic (exact) mass is 197 g/mol. The number of ether oxygens (including phenoxy) is 1. The molecule has 0 bridgehead atoms. The van der Waals surface area contributed by atoms with Gasteiger partial charge in [-0.1, -0.05) is 0 Å². The minimum absolute atomic E-state index is 0.0263. The van der Waals surface area contributed by atoms with Gasteiger partial charge in [-0.2, -0.15) is 0 Å². The van der Waals surface area contributed by atoms with Gasteiger partial charge in [0.2, 0.25) is 5.91 Å². The van der Waals surface area contributed by atoms with E-state index in [9.17, 15) is 4.79 Å². The van der Waals surface area contributed by atoms with Crippen molar-refractivity contribution in [3.63, 3.8) is 0 Å². The van der Waals surface area contributed by atoms with Crippen molar-refractivity contribution in [3.05, 3.63) is 24.2 Å². The first-order chi connectivity index (χ1) is 6.74. The van der Waals surface area contributed by atoms with E-state index in [1.54, 1.807) is 25.2 Å². The lowest BCUT2D eigenvalue weighted by atomic mass is 10.4. The van der Waals surface area contributed by atoms with Crippen molar-refractivity contribution in [1.82, 2.24) is 4.90 Å². The molecule has 14 heavy (non-hydrogen) atoms. The predicted molar refractivity (Wildman–Crippen MR) is 51.7 cm³/mol. The van der Waals surface area contributed by atoms with Crippen LogP contribution in [0.2, 0.25) is 0 Å². The van der Waals surface area contributed by atoms with Gasteiger partial charge in [-0.15, -0.1) is 0 Å². The fraction of sp³-hybridized carbons (Fsp3) is 0.500. The highest BCUT2D eigenvalue weighted by atomic mass is 16.5. The molecule has 0 aliphatic carbocycles. The summed E-state index contributed by atoms with van der Waals surface area (Å²) in [6.45, 7) is 3.18. The van der Waals surface area contributed by atoms with E-state index < -0.39 is 0 Å². The number of furan rings is 1. The Hall–Kier alpha value is -1.29. The summed E-state index contributed by atoms with van der Waals surface area (Å²) >= 11 is 0. The van der Waals surface area contributed by atoms with Crippen molar-refractivity contribution >= 4 is 5.91 Å². The Balaban J connectivity index is 2.47. The standard InChI is InChI=1S/C10H15NO3/c1-9(12)11(5-7-13-2)8-10-4-3-6-14-10/h3-4,6H,5,7-8H2,1-2H3. The third-order valence-corrected chi connectivity index (χ3v) is 1.94. The van der Waals surface area contributed by atoms with Crippen LogP contribution in [0.25, 0.3) is 0 Å². The van der Waals surface area contributed by atoms with Crippen LogP contribution in [0, 0.1) is 0 Å². The van der Waals surface area contributed by atoms with Crippen LogP contribution in [0.3, 0.4) is 0 Å². The van der Waals surface area contributed by atoms with E-state index in [4.69, 9.17) is 9.15 Å². The Bertz CT molecular complexity index is 269. The highest BCUT2D eigenvalue weighted by molar-refractivity contribution is 5.73. The summed E-state index contributed by atoms with van der Waals surface area (Å²) < 4.78 is 10.1. The molecule has 1 heterocycles. The van der Waals surface area contributed by atoms with Crippen LogP contribution < -0.4 is 0 Å². The molecule has 0 aliphatic heterocycles. The van der Waals surface area contributed by atoms with Gasteiger partial charge in [-0.3, -0.25) is 4.79 Å². The summed E-state index contributed by atoms with van der Waals surface area (Å²) in [5, 5.41) is 0. The molecule has 0 N–H and O–H groups in total. The van der Waals surface area contributed by atoms with Gasteiger partial charge in [0.1, 0.15) is 5.76 Å². The summed E-state index contributed by atoms with van der Waals surface area (Å²) in [4.78, 5) is 12.9. The number of methoxy groups -OCH3 is 1. The van der Waals surface area contributed by atoms with Crippen LogP contribution in [0.5, 0.6) is 0 Å². The van der Waals surface area contributed by atoms with Crippen molar-refractivity contribution < 1.29 is 13.9 Å². The second-order valence-corrected chi connectivity index (χ2v) is 3.01. The SMILES string of the molecule is COCCN(Cc1ccco1)C(C)=O. The van der Waals surface area contributed by atoms with Crippen molar-refractivity contribution in [1.29, 1.82) is 0 Å². The molecule has 0 aromatic carbocycles. The van der Waals surface area contributed by atoms with Crippen LogP contribution in [0.4, 0.5) is 0 Å². The molecule has 0 unspecified atom stereocenters. The number of hydrogen-bond donors (Lipinski definition) is 0. The predicted octanol–water partition coefficient (Wildman–Crippen LogP) is 1.27. The van der Waals surface area contributed by atoms with E-state index in [1.807, 2.05) is 12.1 Å². The fourth-order valence-corrected chi connectivity index (χ4v) is 1.14. The lowest BCUT2D eigenvalue weighted by Crippen LogP contribution is -2.31. The quantitative estimate of drug-likeness (QED) is 0.714. The number of rotatable bonds is 5. The van der Waals surface area contributed by atoms with Gasteiger partial charge in [0.15, 0.2) is 0 Å². The zero-order chi connectivity index (χ0) is 10.4. The second kappa shape index (κ2) is 5.44. The lowest BCUT2D eigenvalue weighted by molar-refractivity contribution is -0.130. The summed E-state index contributed by atoms with van der Waals surface area (Å²) in [5.74, 6) is 0.815. The van der Waals surface area contributed by atoms with Crippen molar-refractivity contribution in [2.24, 2.45) is 0 Å². The van der Waals surface area contributed by atoms with Crippen LogP contribution in [0.1, 0.15) is 12.7 Å². The Kier molecular flexibility index (Phi) is 4.19. The minimum atomic E-state index is 0.0263. The van der Waals surface area contributed by atoms with Crippen molar-refractivity contribution in [2.75, 3.05) is 20.3 Å². The first kappa shape index (κ1) is 10.8. The van der Waals surface area contributed by atoms with E-state index in [0.29, 0.717) is 19.7 Å². The van der Waals surface area contributed by atoms with Gasteiger partial charge in [-0.05, 0) is 12.1 Å². The largest absolute Gasteiger partial charge is 0.467 e. The third kappa shape index (κ3) is 3.22. The van der Waals surface area contributed by atoms with E-state index in [-0.39, 0.29) is 5.91 Å². The molecular weight excluding hydrogens is 182 g/mol. The fourth-order valence-electron chi connectivity index (χ4n) is 1.14. The Morgan fingerprint density at radius 1 is 1.64 bits per heavy atom. The summed E-state index contributed by atoms with van der Waals surface area (Å²) in [6.07, 6.45) is 1.60. The van der Waals surface area contributed by atoms with Gasteiger partial charge in [0.05, 0.1) is 19.4 Å². The first-order valence-corrected chi connectivity index (χ1v) is 4.51. The maximum Gasteiger partial charge on any atom is 0.219 e. The first-order valence-electron chi connectivity index (χ1n) is 4.51. The molecule has 1 aromatic rings. The van der Waals surface area contributed by atoms with Gasteiger partial charge in [-0.25, -0.2) is 0 Å². The normalized spacial score (nSPS) is 10.1. The topological polar surface area (TPSA) is 42.7 Å². The maximum atomic E-state index is 11.2. The highest BCUT2D eigenvalue weighted by Gasteiger charge is 2.09. The Morgan fingerprint density at radius 2 is 2.43 bits per heavy atom. The summed E-state index contributed by atoms with van der Waals surface area (Å²) in [6, 6.07) is 3.66. The molecule has 0 saturated heterocycles. The summed E-state index contributed by atoms with van der Waals surface area (Å²) in [5.41, 5.74) is 0. The van der Waals surface area contributed by atoms with E-state index in [1.165, 1.54) is 0 Å². The highest BCUT2D eigenvalue weighted by Crippen LogP contribution is 2.05. The smallest absolute Gasteiger partial charge is 0.219 e. The van der Waals surface area contributed by atoms with E-state index in [2.05, 4.69) is 0 Å².